The van der Waals surface area contributed by atoms with Crippen molar-refractivity contribution in [2.45, 2.75) is 20.8 Å². The number of nitrogens with two attached hydrogens (primary N) is 1. The van der Waals surface area contributed by atoms with Crippen LogP contribution in [0.1, 0.15) is 27.3 Å². The van der Waals surface area contributed by atoms with Crippen LogP contribution in [0.15, 0.2) is 42.5 Å². The van der Waals surface area contributed by atoms with Crippen molar-refractivity contribution in [3.63, 3.8) is 0 Å². The lowest BCUT2D eigenvalue weighted by atomic mass is 10.1. The molecule has 0 bridgehead atoms. The Hall–Kier alpha value is -2.95. The van der Waals surface area contributed by atoms with Crippen molar-refractivity contribution in [1.82, 2.24) is 14.8 Å². The van der Waals surface area contributed by atoms with Crippen LogP contribution in [-0.4, -0.2) is 20.7 Å². The molecule has 1 aromatic heterocycles. The third kappa shape index (κ3) is 2.85. The minimum Gasteiger partial charge on any atom is -0.363 e. The summed E-state index contributed by atoms with van der Waals surface area (Å²) < 4.78 is 1.69. The molecule has 5 nitrogen and oxygen atoms in total. The summed E-state index contributed by atoms with van der Waals surface area (Å²) in [6, 6.07) is 14.0. The monoisotopic (exact) mass is 306 g/mol. The van der Waals surface area contributed by atoms with E-state index < -0.39 is 5.91 Å². The Bertz CT molecular complexity index is 896. The largest absolute Gasteiger partial charge is 0.363 e. The fraction of sp³-hybridized carbons (Fsp3) is 0.167. The van der Waals surface area contributed by atoms with Crippen LogP contribution in [-0.2, 0) is 0 Å². The van der Waals surface area contributed by atoms with E-state index in [0.717, 1.165) is 27.9 Å². The number of hydrogen-bond donors (Lipinski definition) is 1. The lowest BCUT2D eigenvalue weighted by Gasteiger charge is -2.10. The van der Waals surface area contributed by atoms with Gasteiger partial charge in [0, 0.05) is 5.56 Å². The number of amides is 1. The van der Waals surface area contributed by atoms with Crippen LogP contribution < -0.4 is 5.73 Å². The Morgan fingerprint density at radius 3 is 2.48 bits per heavy atom. The molecule has 0 radical (unpaired) electrons. The van der Waals surface area contributed by atoms with E-state index in [0.29, 0.717) is 5.82 Å². The van der Waals surface area contributed by atoms with E-state index in [1.165, 1.54) is 0 Å². The quantitative estimate of drug-likeness (QED) is 0.808. The first-order valence-electron chi connectivity index (χ1n) is 7.37. The minimum absolute atomic E-state index is 0.0161. The molecule has 5 heteroatoms. The van der Waals surface area contributed by atoms with E-state index in [9.17, 15) is 4.79 Å². The number of carbonyl (C=O) groups excluding carboxylic acids is 1. The van der Waals surface area contributed by atoms with E-state index in [1.807, 2.05) is 63.2 Å². The van der Waals surface area contributed by atoms with E-state index in [4.69, 9.17) is 5.73 Å². The Balaban J connectivity index is 2.27. The van der Waals surface area contributed by atoms with Crippen LogP contribution in [0, 0.1) is 20.8 Å². The van der Waals surface area contributed by atoms with Crippen LogP contribution >= 0.6 is 0 Å². The van der Waals surface area contributed by atoms with Crippen molar-refractivity contribution in [2.75, 3.05) is 0 Å². The van der Waals surface area contributed by atoms with Crippen LogP contribution in [0.3, 0.4) is 0 Å². The third-order valence-corrected chi connectivity index (χ3v) is 3.70. The van der Waals surface area contributed by atoms with Gasteiger partial charge in [-0.3, -0.25) is 4.79 Å². The van der Waals surface area contributed by atoms with E-state index >= 15 is 0 Å². The topological polar surface area (TPSA) is 73.8 Å². The molecule has 0 saturated carbocycles. The number of carbonyl (C=O) groups is 1. The van der Waals surface area contributed by atoms with E-state index in [-0.39, 0.29) is 5.82 Å². The lowest BCUT2D eigenvalue weighted by molar-refractivity contribution is 0.0990. The predicted molar refractivity (Wildman–Crippen MR) is 89.5 cm³/mol. The molecule has 0 spiro atoms. The first kappa shape index (κ1) is 15.0. The van der Waals surface area contributed by atoms with Gasteiger partial charge in [-0.15, -0.1) is 5.10 Å². The summed E-state index contributed by atoms with van der Waals surface area (Å²) >= 11 is 0. The van der Waals surface area contributed by atoms with Gasteiger partial charge in [-0.25, -0.2) is 9.67 Å². The van der Waals surface area contributed by atoms with Crippen LogP contribution in [0.25, 0.3) is 17.1 Å². The summed E-state index contributed by atoms with van der Waals surface area (Å²) in [6.07, 6.45) is 0. The summed E-state index contributed by atoms with van der Waals surface area (Å²) in [4.78, 5) is 15.9. The molecule has 0 aliphatic carbocycles. The molecule has 1 amide bonds. The molecule has 0 aliphatic rings. The van der Waals surface area contributed by atoms with E-state index in [1.54, 1.807) is 4.68 Å². The van der Waals surface area contributed by atoms with Gasteiger partial charge in [-0.05, 0) is 44.0 Å². The third-order valence-electron chi connectivity index (χ3n) is 3.70. The van der Waals surface area contributed by atoms with Gasteiger partial charge in [0.15, 0.2) is 5.82 Å². The second kappa shape index (κ2) is 5.68. The maximum Gasteiger partial charge on any atom is 0.288 e. The molecule has 0 saturated heterocycles. The predicted octanol–water partition coefficient (Wildman–Crippen LogP) is 2.96. The summed E-state index contributed by atoms with van der Waals surface area (Å²) in [6.45, 7) is 6.03. The molecule has 2 aromatic carbocycles. The summed E-state index contributed by atoms with van der Waals surface area (Å²) in [7, 11) is 0. The number of benzene rings is 2. The van der Waals surface area contributed by atoms with Crippen molar-refractivity contribution in [2.24, 2.45) is 5.73 Å². The maximum atomic E-state index is 11.5. The molecule has 3 aromatic rings. The fourth-order valence-corrected chi connectivity index (χ4v) is 2.50. The fourth-order valence-electron chi connectivity index (χ4n) is 2.50. The van der Waals surface area contributed by atoms with Gasteiger partial charge in [0.05, 0.1) is 5.69 Å². The molecular weight excluding hydrogens is 288 g/mol. The highest BCUT2D eigenvalue weighted by molar-refractivity contribution is 5.89. The van der Waals surface area contributed by atoms with Crippen molar-refractivity contribution < 1.29 is 4.79 Å². The molecule has 0 unspecified atom stereocenters. The molecule has 2 N–H and O–H groups in total. The first-order chi connectivity index (χ1) is 11.0. The molecule has 3 rings (SSSR count). The molecule has 116 valence electrons. The second-order valence-corrected chi connectivity index (χ2v) is 5.69. The number of rotatable bonds is 3. The molecular formula is C18H18N4O. The van der Waals surface area contributed by atoms with Gasteiger partial charge in [-0.2, -0.15) is 0 Å². The Labute approximate surface area is 134 Å². The molecule has 23 heavy (non-hydrogen) atoms. The number of nitrogens with zero attached hydrogens (tertiary/aromatic N) is 3. The van der Waals surface area contributed by atoms with Crippen LogP contribution in [0.4, 0.5) is 0 Å². The highest BCUT2D eigenvalue weighted by Gasteiger charge is 2.18. The smallest absolute Gasteiger partial charge is 0.288 e. The summed E-state index contributed by atoms with van der Waals surface area (Å²) in [5.74, 6) is -0.0124. The summed E-state index contributed by atoms with van der Waals surface area (Å²) in [5, 5.41) is 4.32. The van der Waals surface area contributed by atoms with E-state index in [2.05, 4.69) is 10.1 Å². The second-order valence-electron chi connectivity index (χ2n) is 5.69. The molecule has 1 heterocycles. The number of hydrogen-bond acceptors (Lipinski definition) is 3. The Morgan fingerprint density at radius 1 is 1.04 bits per heavy atom. The van der Waals surface area contributed by atoms with Crippen LogP contribution in [0.5, 0.6) is 0 Å². The van der Waals surface area contributed by atoms with Gasteiger partial charge in [0.2, 0.25) is 5.82 Å². The zero-order valence-corrected chi connectivity index (χ0v) is 13.4. The normalized spacial score (nSPS) is 10.7. The first-order valence-corrected chi connectivity index (χ1v) is 7.37. The van der Waals surface area contributed by atoms with Crippen molar-refractivity contribution in [1.29, 1.82) is 0 Å². The Morgan fingerprint density at radius 2 is 1.78 bits per heavy atom. The standard InChI is InChI=1S/C18H18N4O/c1-11-5-4-6-14(9-11)18-20-17(16(19)23)21-22(18)15-10-12(2)7-8-13(15)3/h4-10H,1-3H3,(H2,19,23). The van der Waals surface area contributed by atoms with Gasteiger partial charge in [0.25, 0.3) is 5.91 Å². The van der Waals surface area contributed by atoms with Crippen molar-refractivity contribution >= 4 is 5.91 Å². The zero-order chi connectivity index (χ0) is 16.6. The lowest BCUT2D eigenvalue weighted by Crippen LogP contribution is -2.13. The summed E-state index contributed by atoms with van der Waals surface area (Å²) in [5.41, 5.74) is 10.4. The minimum atomic E-state index is -0.636. The zero-order valence-electron chi connectivity index (χ0n) is 13.4. The number of primary amides is 1. The van der Waals surface area contributed by atoms with Crippen molar-refractivity contribution in [3.8, 4) is 17.1 Å². The average Bonchev–Trinajstić information content (AvgIpc) is 2.95. The molecule has 0 aliphatic heterocycles. The van der Waals surface area contributed by atoms with Gasteiger partial charge < -0.3 is 5.73 Å². The maximum absolute atomic E-state index is 11.5. The SMILES string of the molecule is Cc1cccc(-c2nc(C(N)=O)nn2-c2cc(C)ccc2C)c1. The van der Waals surface area contributed by atoms with Gasteiger partial charge in [0.1, 0.15) is 0 Å². The highest BCUT2D eigenvalue weighted by atomic mass is 16.1. The van der Waals surface area contributed by atoms with Gasteiger partial charge >= 0.3 is 0 Å². The highest BCUT2D eigenvalue weighted by Crippen LogP contribution is 2.24. The number of aryl methyl sites for hydroxylation is 3. The van der Waals surface area contributed by atoms with Crippen LogP contribution in [0.2, 0.25) is 0 Å². The average molecular weight is 306 g/mol. The van der Waals surface area contributed by atoms with Gasteiger partial charge in [-0.1, -0.05) is 35.9 Å². The molecule has 0 atom stereocenters. The van der Waals surface area contributed by atoms with Crippen molar-refractivity contribution in [3.05, 3.63) is 65.0 Å². The number of aromatic nitrogens is 3. The Kier molecular flexibility index (Phi) is 3.70. The molecule has 0 fully saturated rings.